The first-order chi connectivity index (χ1) is 6.94. The maximum absolute atomic E-state index is 11.7. The van der Waals surface area contributed by atoms with Gasteiger partial charge >= 0.3 is 0 Å². The van der Waals surface area contributed by atoms with E-state index in [0.29, 0.717) is 5.69 Å². The van der Waals surface area contributed by atoms with E-state index in [1.807, 2.05) is 13.0 Å². The second-order valence-electron chi connectivity index (χ2n) is 4.16. The van der Waals surface area contributed by atoms with Crippen LogP contribution in [0.3, 0.4) is 0 Å². The lowest BCUT2D eigenvalue weighted by Crippen LogP contribution is -2.46. The minimum Gasteiger partial charge on any atom is -0.394 e. The number of carbonyl (C=O) groups is 1. The molecule has 0 atom stereocenters. The molecule has 0 aliphatic rings. The van der Waals surface area contributed by atoms with Crippen LogP contribution in [-0.2, 0) is 0 Å². The molecule has 0 aliphatic carbocycles. The molecular weight excluding hydrogens is 192 g/mol. The number of nitrogens with one attached hydrogen (secondary N) is 1. The van der Waals surface area contributed by atoms with Gasteiger partial charge in [0, 0.05) is 5.69 Å². The number of aliphatic hydroxyl groups is 1. The predicted molar refractivity (Wildman–Crippen MR) is 57.6 cm³/mol. The number of nitrogens with zero attached hydrogens (tertiary/aromatic N) is 1. The van der Waals surface area contributed by atoms with Crippen molar-refractivity contribution >= 4 is 5.91 Å². The lowest BCUT2D eigenvalue weighted by Gasteiger charge is -2.23. The molecule has 82 valence electrons. The Morgan fingerprint density at radius 3 is 2.73 bits per heavy atom. The second kappa shape index (κ2) is 4.40. The molecule has 0 bridgehead atoms. The minimum absolute atomic E-state index is 0.107. The molecule has 4 nitrogen and oxygen atoms in total. The number of aliphatic hydroxyl groups excluding tert-OH is 1. The van der Waals surface area contributed by atoms with Crippen LogP contribution < -0.4 is 5.32 Å². The summed E-state index contributed by atoms with van der Waals surface area (Å²) in [5.74, 6) is -0.266. The Kier molecular flexibility index (Phi) is 3.42. The predicted octanol–water partition coefficient (Wildman–Crippen LogP) is 0.891. The summed E-state index contributed by atoms with van der Waals surface area (Å²) in [6.45, 7) is 5.22. The zero-order valence-electron chi connectivity index (χ0n) is 9.24. The van der Waals surface area contributed by atoms with Crippen LogP contribution >= 0.6 is 0 Å². The molecule has 15 heavy (non-hydrogen) atoms. The van der Waals surface area contributed by atoms with Crippen molar-refractivity contribution in [2.45, 2.75) is 26.3 Å². The summed E-state index contributed by atoms with van der Waals surface area (Å²) in [4.78, 5) is 15.8. The van der Waals surface area contributed by atoms with Gasteiger partial charge in [0.05, 0.1) is 12.1 Å². The van der Waals surface area contributed by atoms with Gasteiger partial charge in [0.25, 0.3) is 5.91 Å². The summed E-state index contributed by atoms with van der Waals surface area (Å²) in [7, 11) is 0. The Labute approximate surface area is 89.3 Å². The van der Waals surface area contributed by atoms with Gasteiger partial charge in [-0.05, 0) is 32.9 Å². The maximum atomic E-state index is 11.7. The first-order valence-corrected chi connectivity index (χ1v) is 4.82. The molecule has 4 heteroatoms. The van der Waals surface area contributed by atoms with Gasteiger partial charge in [-0.15, -0.1) is 0 Å². The van der Waals surface area contributed by atoms with Crippen molar-refractivity contribution in [1.29, 1.82) is 0 Å². The van der Waals surface area contributed by atoms with E-state index in [0.717, 1.165) is 5.69 Å². The zero-order valence-corrected chi connectivity index (χ0v) is 9.24. The van der Waals surface area contributed by atoms with Crippen molar-refractivity contribution in [2.24, 2.45) is 0 Å². The summed E-state index contributed by atoms with van der Waals surface area (Å²) in [6.07, 6.45) is 0. The van der Waals surface area contributed by atoms with Crippen molar-refractivity contribution in [2.75, 3.05) is 6.61 Å². The molecule has 0 saturated carbocycles. The molecule has 1 amide bonds. The number of aromatic nitrogens is 1. The van der Waals surface area contributed by atoms with E-state index in [4.69, 9.17) is 5.11 Å². The van der Waals surface area contributed by atoms with Crippen LogP contribution in [0.1, 0.15) is 30.0 Å². The van der Waals surface area contributed by atoms with Crippen LogP contribution in [0.25, 0.3) is 0 Å². The summed E-state index contributed by atoms with van der Waals surface area (Å²) < 4.78 is 0. The summed E-state index contributed by atoms with van der Waals surface area (Å²) >= 11 is 0. The molecule has 0 saturated heterocycles. The lowest BCUT2D eigenvalue weighted by atomic mass is 10.1. The van der Waals surface area contributed by atoms with Crippen LogP contribution in [0.4, 0.5) is 0 Å². The highest BCUT2D eigenvalue weighted by Gasteiger charge is 2.20. The molecule has 2 N–H and O–H groups in total. The molecule has 0 radical (unpaired) electrons. The fourth-order valence-electron chi connectivity index (χ4n) is 1.08. The molecule has 0 aromatic carbocycles. The highest BCUT2D eigenvalue weighted by atomic mass is 16.3. The molecule has 0 aliphatic heterocycles. The standard InChI is InChI=1S/C11H16N2O2/c1-8-5-4-6-9(12-8)10(15)13-11(2,3)7-14/h4-6,14H,7H2,1-3H3,(H,13,15). The highest BCUT2D eigenvalue weighted by molar-refractivity contribution is 5.92. The van der Waals surface area contributed by atoms with Gasteiger partial charge < -0.3 is 10.4 Å². The fraction of sp³-hybridized carbons (Fsp3) is 0.455. The van der Waals surface area contributed by atoms with Crippen LogP contribution in [0, 0.1) is 6.92 Å². The number of carbonyl (C=O) groups excluding carboxylic acids is 1. The van der Waals surface area contributed by atoms with Gasteiger partial charge in [-0.25, -0.2) is 4.98 Å². The summed E-state index contributed by atoms with van der Waals surface area (Å²) in [5.41, 5.74) is 0.545. The van der Waals surface area contributed by atoms with Crippen molar-refractivity contribution in [3.63, 3.8) is 0 Å². The molecule has 0 unspecified atom stereocenters. The largest absolute Gasteiger partial charge is 0.394 e. The van der Waals surface area contributed by atoms with E-state index in [1.54, 1.807) is 26.0 Å². The normalized spacial score (nSPS) is 11.2. The maximum Gasteiger partial charge on any atom is 0.270 e. The Hall–Kier alpha value is -1.42. The summed E-state index contributed by atoms with van der Waals surface area (Å²) in [6, 6.07) is 5.26. The Morgan fingerprint density at radius 2 is 2.20 bits per heavy atom. The van der Waals surface area contributed by atoms with Gasteiger partial charge in [-0.2, -0.15) is 0 Å². The Morgan fingerprint density at radius 1 is 1.53 bits per heavy atom. The fourth-order valence-corrected chi connectivity index (χ4v) is 1.08. The molecule has 0 fully saturated rings. The van der Waals surface area contributed by atoms with E-state index in [1.165, 1.54) is 0 Å². The van der Waals surface area contributed by atoms with Crippen LogP contribution in [-0.4, -0.2) is 28.1 Å². The Balaban J connectivity index is 2.78. The molecule has 1 heterocycles. The second-order valence-corrected chi connectivity index (χ2v) is 4.16. The number of amides is 1. The quantitative estimate of drug-likeness (QED) is 0.775. The van der Waals surface area contributed by atoms with E-state index >= 15 is 0 Å². The lowest BCUT2D eigenvalue weighted by molar-refractivity contribution is 0.0864. The number of aryl methyl sites for hydroxylation is 1. The van der Waals surface area contributed by atoms with Crippen molar-refractivity contribution in [3.05, 3.63) is 29.6 Å². The monoisotopic (exact) mass is 208 g/mol. The Bertz CT molecular complexity index is 361. The van der Waals surface area contributed by atoms with E-state index in [2.05, 4.69) is 10.3 Å². The van der Waals surface area contributed by atoms with E-state index < -0.39 is 5.54 Å². The van der Waals surface area contributed by atoms with Gasteiger partial charge in [-0.1, -0.05) is 6.07 Å². The first-order valence-electron chi connectivity index (χ1n) is 4.82. The van der Waals surface area contributed by atoms with Crippen LogP contribution in [0.5, 0.6) is 0 Å². The third-order valence-corrected chi connectivity index (χ3v) is 1.97. The van der Waals surface area contributed by atoms with Gasteiger partial charge in [0.2, 0.25) is 0 Å². The van der Waals surface area contributed by atoms with Gasteiger partial charge in [0.1, 0.15) is 5.69 Å². The molecule has 1 aromatic heterocycles. The number of hydrogen-bond acceptors (Lipinski definition) is 3. The van der Waals surface area contributed by atoms with Crippen molar-refractivity contribution in [3.8, 4) is 0 Å². The van der Waals surface area contributed by atoms with E-state index in [-0.39, 0.29) is 12.5 Å². The van der Waals surface area contributed by atoms with Gasteiger partial charge in [-0.3, -0.25) is 4.79 Å². The number of pyridine rings is 1. The highest BCUT2D eigenvalue weighted by Crippen LogP contribution is 2.03. The third-order valence-electron chi connectivity index (χ3n) is 1.97. The van der Waals surface area contributed by atoms with Crippen molar-refractivity contribution < 1.29 is 9.90 Å². The molecule has 0 spiro atoms. The van der Waals surface area contributed by atoms with Crippen molar-refractivity contribution in [1.82, 2.24) is 10.3 Å². The summed E-state index contributed by atoms with van der Waals surface area (Å²) in [5, 5.41) is 11.7. The molecule has 1 rings (SSSR count). The van der Waals surface area contributed by atoms with Crippen LogP contribution in [0.15, 0.2) is 18.2 Å². The smallest absolute Gasteiger partial charge is 0.270 e. The van der Waals surface area contributed by atoms with Gasteiger partial charge in [0.15, 0.2) is 0 Å². The minimum atomic E-state index is -0.623. The number of rotatable bonds is 3. The van der Waals surface area contributed by atoms with E-state index in [9.17, 15) is 4.79 Å². The SMILES string of the molecule is Cc1cccc(C(=O)NC(C)(C)CO)n1. The zero-order chi connectivity index (χ0) is 11.5. The first kappa shape index (κ1) is 11.7. The topological polar surface area (TPSA) is 62.2 Å². The molecular formula is C11H16N2O2. The van der Waals surface area contributed by atoms with Crippen LogP contribution in [0.2, 0.25) is 0 Å². The average Bonchev–Trinajstić information content (AvgIpc) is 2.17. The third kappa shape index (κ3) is 3.32. The molecule has 1 aromatic rings. The average molecular weight is 208 g/mol. The number of hydrogen-bond donors (Lipinski definition) is 2.